The lowest BCUT2D eigenvalue weighted by Crippen LogP contribution is -2.15. The van der Waals surface area contributed by atoms with Crippen molar-refractivity contribution < 1.29 is 0 Å². The normalized spacial score (nSPS) is 11.8. The van der Waals surface area contributed by atoms with Crippen LogP contribution in [0.2, 0.25) is 0 Å². The molecule has 0 saturated carbocycles. The molecule has 0 aromatic heterocycles. The van der Waals surface area contributed by atoms with Crippen molar-refractivity contribution in [2.45, 2.75) is 25.2 Å². The van der Waals surface area contributed by atoms with E-state index in [2.05, 4.69) is 55.8 Å². The average molecular weight is 235 g/mol. The van der Waals surface area contributed by atoms with E-state index >= 15 is 0 Å². The summed E-state index contributed by atoms with van der Waals surface area (Å²) < 4.78 is 0. The van der Waals surface area contributed by atoms with Crippen molar-refractivity contribution in [3.63, 3.8) is 0 Å². The van der Waals surface area contributed by atoms with E-state index in [9.17, 15) is 0 Å². The van der Waals surface area contributed by atoms with Gasteiger partial charge in [0.1, 0.15) is 0 Å². The highest BCUT2D eigenvalue weighted by Crippen LogP contribution is 2.16. The minimum absolute atomic E-state index is 0.997. The molecule has 0 aliphatic carbocycles. The van der Waals surface area contributed by atoms with Gasteiger partial charge in [0.15, 0.2) is 0 Å². The maximum absolute atomic E-state index is 3.37. The van der Waals surface area contributed by atoms with Gasteiger partial charge in [0.2, 0.25) is 0 Å². The molecule has 2 heteroatoms. The second kappa shape index (κ2) is 7.53. The van der Waals surface area contributed by atoms with Crippen LogP contribution < -0.4 is 5.32 Å². The quantitative estimate of drug-likeness (QED) is 0.752. The maximum atomic E-state index is 3.37. The van der Waals surface area contributed by atoms with Gasteiger partial charge in [-0.1, -0.05) is 37.6 Å². The summed E-state index contributed by atoms with van der Waals surface area (Å²) in [4.78, 5) is 1.32. The summed E-state index contributed by atoms with van der Waals surface area (Å²) in [7, 11) is 0. The molecule has 1 N–H and O–H groups in total. The zero-order valence-electron chi connectivity index (χ0n) is 10.4. The molecule has 0 bridgehead atoms. The molecule has 88 valence electrons. The van der Waals surface area contributed by atoms with Gasteiger partial charge in [-0.25, -0.2) is 0 Å². The smallest absolute Gasteiger partial charge is 0.0167 e. The Morgan fingerprint density at radius 1 is 1.25 bits per heavy atom. The van der Waals surface area contributed by atoms with E-state index in [0.29, 0.717) is 0 Å². The summed E-state index contributed by atoms with van der Waals surface area (Å²) in [5, 5.41) is 3.37. The highest BCUT2D eigenvalue weighted by molar-refractivity contribution is 7.98. The number of nitrogens with one attached hydrogen (secondary N) is 1. The van der Waals surface area contributed by atoms with Crippen molar-refractivity contribution in [1.29, 1.82) is 0 Å². The Morgan fingerprint density at radius 2 is 1.94 bits per heavy atom. The molecular formula is C14H21NS. The lowest BCUT2D eigenvalue weighted by molar-refractivity contribution is 0.762. The fourth-order valence-electron chi connectivity index (χ4n) is 1.50. The molecule has 0 heterocycles. The van der Waals surface area contributed by atoms with E-state index < -0.39 is 0 Å². The van der Waals surface area contributed by atoms with Gasteiger partial charge in [-0.05, 0) is 36.9 Å². The highest BCUT2D eigenvalue weighted by Gasteiger charge is 1.95. The van der Waals surface area contributed by atoms with Gasteiger partial charge < -0.3 is 5.32 Å². The molecule has 0 aliphatic rings. The Hall–Kier alpha value is -0.730. The molecule has 1 aromatic rings. The molecule has 0 saturated heterocycles. The largest absolute Gasteiger partial charge is 0.313 e. The number of rotatable bonds is 6. The summed E-state index contributed by atoms with van der Waals surface area (Å²) in [6, 6.07) is 8.73. The minimum Gasteiger partial charge on any atom is -0.313 e. The van der Waals surface area contributed by atoms with Crippen molar-refractivity contribution in [3.05, 3.63) is 35.4 Å². The zero-order chi connectivity index (χ0) is 11.8. The van der Waals surface area contributed by atoms with Crippen LogP contribution in [-0.4, -0.2) is 19.3 Å². The van der Waals surface area contributed by atoms with Gasteiger partial charge in [0.25, 0.3) is 0 Å². The van der Waals surface area contributed by atoms with Gasteiger partial charge in [0.05, 0.1) is 0 Å². The molecule has 0 amide bonds. The lowest BCUT2D eigenvalue weighted by Gasteiger charge is -2.05. The van der Waals surface area contributed by atoms with Crippen LogP contribution in [0.1, 0.15) is 25.8 Å². The molecule has 0 spiro atoms. The maximum Gasteiger partial charge on any atom is 0.0167 e. The summed E-state index contributed by atoms with van der Waals surface area (Å²) in [6.07, 6.45) is 5.50. The Morgan fingerprint density at radius 3 is 2.44 bits per heavy atom. The SMILES string of the molecule is CCNCC(=Cc1ccc(SC)cc1)CC. The first-order valence-electron chi connectivity index (χ1n) is 5.84. The third kappa shape index (κ3) is 4.42. The predicted octanol–water partition coefficient (Wildman–Crippen LogP) is 3.81. The van der Waals surface area contributed by atoms with Crippen LogP contribution in [0.3, 0.4) is 0 Å². The standard InChI is InChI=1S/C14H21NS/c1-4-12(11-15-5-2)10-13-6-8-14(16-3)9-7-13/h6-10,15H,4-5,11H2,1-3H3. The van der Waals surface area contributed by atoms with Crippen LogP contribution in [0, 0.1) is 0 Å². The highest BCUT2D eigenvalue weighted by atomic mass is 32.2. The number of hydrogen-bond acceptors (Lipinski definition) is 2. The number of hydrogen-bond donors (Lipinski definition) is 1. The summed E-state index contributed by atoms with van der Waals surface area (Å²) in [5.74, 6) is 0. The van der Waals surface area contributed by atoms with Crippen LogP contribution in [0.5, 0.6) is 0 Å². The molecule has 0 radical (unpaired) electrons. The molecule has 0 unspecified atom stereocenters. The zero-order valence-corrected chi connectivity index (χ0v) is 11.2. The molecule has 1 aromatic carbocycles. The summed E-state index contributed by atoms with van der Waals surface area (Å²) in [6.45, 7) is 6.38. The van der Waals surface area contributed by atoms with Crippen molar-refractivity contribution >= 4 is 17.8 Å². The molecular weight excluding hydrogens is 214 g/mol. The van der Waals surface area contributed by atoms with Gasteiger partial charge >= 0.3 is 0 Å². The van der Waals surface area contributed by atoms with Crippen LogP contribution in [0.15, 0.2) is 34.7 Å². The predicted molar refractivity (Wildman–Crippen MR) is 75.0 cm³/mol. The topological polar surface area (TPSA) is 12.0 Å². The molecule has 0 atom stereocenters. The number of benzene rings is 1. The number of likely N-dealkylation sites (N-methyl/N-ethyl adjacent to an activating group) is 1. The van der Waals surface area contributed by atoms with Gasteiger partial charge in [-0.2, -0.15) is 0 Å². The first-order chi connectivity index (χ1) is 7.80. The summed E-state index contributed by atoms with van der Waals surface area (Å²) in [5.41, 5.74) is 2.76. The average Bonchev–Trinajstić information content (AvgIpc) is 2.35. The van der Waals surface area contributed by atoms with E-state index in [1.165, 1.54) is 16.0 Å². The second-order valence-electron chi connectivity index (χ2n) is 3.71. The van der Waals surface area contributed by atoms with Gasteiger partial charge in [-0.15, -0.1) is 11.8 Å². The molecule has 1 nitrogen and oxygen atoms in total. The monoisotopic (exact) mass is 235 g/mol. The fraction of sp³-hybridized carbons (Fsp3) is 0.429. The Kier molecular flexibility index (Phi) is 6.27. The third-order valence-electron chi connectivity index (χ3n) is 2.54. The van der Waals surface area contributed by atoms with Crippen LogP contribution >= 0.6 is 11.8 Å². The van der Waals surface area contributed by atoms with Gasteiger partial charge in [-0.3, -0.25) is 0 Å². The molecule has 0 aliphatic heterocycles. The van der Waals surface area contributed by atoms with Crippen molar-refractivity contribution in [2.24, 2.45) is 0 Å². The fourth-order valence-corrected chi connectivity index (χ4v) is 1.91. The third-order valence-corrected chi connectivity index (χ3v) is 3.29. The molecule has 0 fully saturated rings. The Bertz CT molecular complexity index is 327. The minimum atomic E-state index is 0.997. The first-order valence-corrected chi connectivity index (χ1v) is 7.06. The van der Waals surface area contributed by atoms with Gasteiger partial charge in [0, 0.05) is 11.4 Å². The van der Waals surface area contributed by atoms with E-state index in [1.807, 2.05) is 0 Å². The van der Waals surface area contributed by atoms with Crippen molar-refractivity contribution in [2.75, 3.05) is 19.3 Å². The van der Waals surface area contributed by atoms with Crippen molar-refractivity contribution in [1.82, 2.24) is 5.32 Å². The number of thioether (sulfide) groups is 1. The lowest BCUT2D eigenvalue weighted by atomic mass is 10.1. The van der Waals surface area contributed by atoms with E-state index in [4.69, 9.17) is 0 Å². The van der Waals surface area contributed by atoms with Crippen LogP contribution in [-0.2, 0) is 0 Å². The van der Waals surface area contributed by atoms with E-state index in [-0.39, 0.29) is 0 Å². The molecule has 1 rings (SSSR count). The first kappa shape index (κ1) is 13.3. The van der Waals surface area contributed by atoms with Crippen LogP contribution in [0.25, 0.3) is 6.08 Å². The Labute approximate surface area is 103 Å². The van der Waals surface area contributed by atoms with Crippen LogP contribution in [0.4, 0.5) is 0 Å². The Balaban J connectivity index is 2.70. The molecule has 16 heavy (non-hydrogen) atoms. The second-order valence-corrected chi connectivity index (χ2v) is 4.59. The summed E-state index contributed by atoms with van der Waals surface area (Å²) >= 11 is 1.78. The van der Waals surface area contributed by atoms with Crippen molar-refractivity contribution in [3.8, 4) is 0 Å². The van der Waals surface area contributed by atoms with E-state index in [0.717, 1.165) is 19.5 Å². The van der Waals surface area contributed by atoms with E-state index in [1.54, 1.807) is 11.8 Å².